The Bertz CT molecular complexity index is 525. The average molecular weight is 264 g/mol. The lowest BCUT2D eigenvalue weighted by Gasteiger charge is -2.13. The maximum Gasteiger partial charge on any atom is 0.228 e. The molecule has 94 valence electrons. The monoisotopic (exact) mass is 263 g/mol. The van der Waals surface area contributed by atoms with Crippen molar-refractivity contribution in [3.8, 4) is 5.69 Å². The maximum absolute atomic E-state index is 11.8. The van der Waals surface area contributed by atoms with E-state index in [1.165, 1.54) is 0 Å². The highest BCUT2D eigenvalue weighted by Gasteiger charge is 2.13. The van der Waals surface area contributed by atoms with Crippen LogP contribution in [0.5, 0.6) is 0 Å². The predicted octanol–water partition coefficient (Wildman–Crippen LogP) is 2.69. The van der Waals surface area contributed by atoms with Crippen molar-refractivity contribution in [3.05, 3.63) is 42.7 Å². The van der Waals surface area contributed by atoms with E-state index in [2.05, 4.69) is 10.4 Å². The minimum atomic E-state index is -0.225. The van der Waals surface area contributed by atoms with Gasteiger partial charge in [-0.15, -0.1) is 11.6 Å². The molecule has 0 fully saturated rings. The van der Waals surface area contributed by atoms with Gasteiger partial charge in [-0.05, 0) is 18.2 Å². The lowest BCUT2D eigenvalue weighted by Crippen LogP contribution is -2.22. The molecule has 0 bridgehead atoms. The van der Waals surface area contributed by atoms with E-state index in [4.69, 9.17) is 11.6 Å². The number of nitrogens with one attached hydrogen (secondary N) is 1. The second-order valence-corrected chi connectivity index (χ2v) is 4.32. The minimum absolute atomic E-state index is 0.0930. The van der Waals surface area contributed by atoms with E-state index in [1.807, 2.05) is 36.5 Å². The molecule has 1 unspecified atom stereocenters. The Kier molecular flexibility index (Phi) is 3.99. The molecule has 1 heterocycles. The number of para-hydroxylation sites is 2. The molecule has 2 aromatic rings. The highest BCUT2D eigenvalue weighted by Crippen LogP contribution is 2.19. The van der Waals surface area contributed by atoms with Crippen molar-refractivity contribution in [2.45, 2.75) is 6.92 Å². The van der Waals surface area contributed by atoms with Crippen molar-refractivity contribution < 1.29 is 4.79 Å². The van der Waals surface area contributed by atoms with Crippen LogP contribution in [-0.2, 0) is 4.79 Å². The molecule has 0 aliphatic heterocycles. The van der Waals surface area contributed by atoms with E-state index in [0.29, 0.717) is 5.88 Å². The molecule has 0 aliphatic carbocycles. The molecule has 5 heteroatoms. The molecule has 18 heavy (non-hydrogen) atoms. The Morgan fingerprint density at radius 3 is 2.89 bits per heavy atom. The first-order chi connectivity index (χ1) is 8.72. The number of rotatable bonds is 4. The van der Waals surface area contributed by atoms with E-state index in [1.54, 1.807) is 17.8 Å². The summed E-state index contributed by atoms with van der Waals surface area (Å²) >= 11 is 5.67. The van der Waals surface area contributed by atoms with Gasteiger partial charge in [-0.3, -0.25) is 4.79 Å². The summed E-state index contributed by atoms with van der Waals surface area (Å²) in [6, 6.07) is 9.34. The summed E-state index contributed by atoms with van der Waals surface area (Å²) < 4.78 is 1.71. The van der Waals surface area contributed by atoms with Crippen molar-refractivity contribution in [1.29, 1.82) is 0 Å². The summed E-state index contributed by atoms with van der Waals surface area (Å²) in [5.41, 5.74) is 1.56. The van der Waals surface area contributed by atoms with Crippen LogP contribution in [-0.4, -0.2) is 21.6 Å². The van der Waals surface area contributed by atoms with Crippen molar-refractivity contribution >= 4 is 23.2 Å². The number of alkyl halides is 1. The molecule has 0 saturated heterocycles. The normalized spacial score (nSPS) is 12.1. The van der Waals surface area contributed by atoms with Gasteiger partial charge in [0.15, 0.2) is 0 Å². The predicted molar refractivity (Wildman–Crippen MR) is 72.1 cm³/mol. The van der Waals surface area contributed by atoms with Crippen LogP contribution in [0, 0.1) is 5.92 Å². The molecule has 1 N–H and O–H groups in total. The number of aromatic nitrogens is 2. The van der Waals surface area contributed by atoms with Crippen molar-refractivity contribution in [2.24, 2.45) is 5.92 Å². The number of benzene rings is 1. The molecular formula is C13H14ClN3O. The molecule has 0 radical (unpaired) electrons. The number of hydrogen-bond donors (Lipinski definition) is 1. The molecule has 0 saturated carbocycles. The quantitative estimate of drug-likeness (QED) is 0.862. The third kappa shape index (κ3) is 2.71. The minimum Gasteiger partial charge on any atom is -0.324 e. The molecule has 4 nitrogen and oxygen atoms in total. The molecule has 0 aliphatic rings. The van der Waals surface area contributed by atoms with Gasteiger partial charge in [0.25, 0.3) is 0 Å². The zero-order valence-corrected chi connectivity index (χ0v) is 10.8. The number of hydrogen-bond acceptors (Lipinski definition) is 2. The second-order valence-electron chi connectivity index (χ2n) is 4.01. The lowest BCUT2D eigenvalue weighted by atomic mass is 10.2. The Balaban J connectivity index is 2.26. The van der Waals surface area contributed by atoms with Crippen molar-refractivity contribution in [2.75, 3.05) is 11.2 Å². The van der Waals surface area contributed by atoms with E-state index in [-0.39, 0.29) is 11.8 Å². The number of nitrogens with zero attached hydrogens (tertiary/aromatic N) is 2. The van der Waals surface area contributed by atoms with Gasteiger partial charge in [-0.1, -0.05) is 19.1 Å². The van der Waals surface area contributed by atoms with E-state index in [9.17, 15) is 4.79 Å². The SMILES string of the molecule is CC(CCl)C(=O)Nc1ccccc1-n1cccn1. The van der Waals surface area contributed by atoms with Crippen LogP contribution in [0.15, 0.2) is 42.7 Å². The first-order valence-corrected chi connectivity index (χ1v) is 6.21. The van der Waals surface area contributed by atoms with Gasteiger partial charge in [-0.25, -0.2) is 4.68 Å². The molecular weight excluding hydrogens is 250 g/mol. The van der Waals surface area contributed by atoms with E-state index >= 15 is 0 Å². The Labute approximate surface area is 111 Å². The topological polar surface area (TPSA) is 46.9 Å². The summed E-state index contributed by atoms with van der Waals surface area (Å²) in [5, 5.41) is 7.02. The average Bonchev–Trinajstić information content (AvgIpc) is 2.92. The van der Waals surface area contributed by atoms with Gasteiger partial charge < -0.3 is 5.32 Å². The van der Waals surface area contributed by atoms with Gasteiger partial charge in [-0.2, -0.15) is 5.10 Å². The molecule has 1 aromatic carbocycles. The molecule has 1 atom stereocenters. The van der Waals surface area contributed by atoms with Gasteiger partial charge in [0.05, 0.1) is 11.4 Å². The number of carbonyl (C=O) groups excluding carboxylic acids is 1. The van der Waals surface area contributed by atoms with Crippen LogP contribution in [0.3, 0.4) is 0 Å². The lowest BCUT2D eigenvalue weighted by molar-refractivity contribution is -0.118. The highest BCUT2D eigenvalue weighted by atomic mass is 35.5. The standard InChI is InChI=1S/C13H14ClN3O/c1-10(9-14)13(18)16-11-5-2-3-6-12(11)17-8-4-7-15-17/h2-8,10H,9H2,1H3,(H,16,18). The van der Waals surface area contributed by atoms with Crippen LogP contribution in [0.25, 0.3) is 5.69 Å². The van der Waals surface area contributed by atoms with E-state index < -0.39 is 0 Å². The zero-order chi connectivity index (χ0) is 13.0. The van der Waals surface area contributed by atoms with Crippen LogP contribution in [0.2, 0.25) is 0 Å². The van der Waals surface area contributed by atoms with Crippen LogP contribution in [0.1, 0.15) is 6.92 Å². The fourth-order valence-corrected chi connectivity index (χ4v) is 1.66. The number of amides is 1. The van der Waals surface area contributed by atoms with Crippen LogP contribution in [0.4, 0.5) is 5.69 Å². The smallest absolute Gasteiger partial charge is 0.228 e. The second kappa shape index (κ2) is 5.69. The Morgan fingerprint density at radius 2 is 2.22 bits per heavy atom. The summed E-state index contributed by atoms with van der Waals surface area (Å²) in [7, 11) is 0. The third-order valence-electron chi connectivity index (χ3n) is 2.59. The summed E-state index contributed by atoms with van der Waals surface area (Å²) in [4.78, 5) is 11.8. The number of carbonyl (C=O) groups is 1. The van der Waals surface area contributed by atoms with Crippen molar-refractivity contribution in [1.82, 2.24) is 9.78 Å². The molecule has 0 spiro atoms. The molecule has 1 aromatic heterocycles. The maximum atomic E-state index is 11.8. The fraction of sp³-hybridized carbons (Fsp3) is 0.231. The first kappa shape index (κ1) is 12.6. The van der Waals surface area contributed by atoms with Gasteiger partial charge in [0.1, 0.15) is 0 Å². The largest absolute Gasteiger partial charge is 0.324 e. The fourth-order valence-electron chi connectivity index (χ4n) is 1.52. The Morgan fingerprint density at radius 1 is 1.44 bits per heavy atom. The molecule has 2 rings (SSSR count). The highest BCUT2D eigenvalue weighted by molar-refractivity contribution is 6.19. The summed E-state index contributed by atoms with van der Waals surface area (Å²) in [5.74, 6) is -0.0163. The van der Waals surface area contributed by atoms with Crippen LogP contribution >= 0.6 is 11.6 Å². The third-order valence-corrected chi connectivity index (χ3v) is 3.06. The summed E-state index contributed by atoms with van der Waals surface area (Å²) in [6.07, 6.45) is 3.52. The van der Waals surface area contributed by atoms with E-state index in [0.717, 1.165) is 11.4 Å². The van der Waals surface area contributed by atoms with Crippen LogP contribution < -0.4 is 5.32 Å². The van der Waals surface area contributed by atoms with Gasteiger partial charge in [0, 0.05) is 24.2 Å². The number of anilines is 1. The first-order valence-electron chi connectivity index (χ1n) is 5.68. The Hall–Kier alpha value is -1.81. The van der Waals surface area contributed by atoms with Gasteiger partial charge >= 0.3 is 0 Å². The molecule has 1 amide bonds. The van der Waals surface area contributed by atoms with Crippen molar-refractivity contribution in [3.63, 3.8) is 0 Å². The zero-order valence-electron chi connectivity index (χ0n) is 10.0. The van der Waals surface area contributed by atoms with Gasteiger partial charge in [0.2, 0.25) is 5.91 Å². The summed E-state index contributed by atoms with van der Waals surface area (Å²) in [6.45, 7) is 1.79. The number of halogens is 1.